The van der Waals surface area contributed by atoms with Gasteiger partial charge in [-0.3, -0.25) is 4.31 Å². The Morgan fingerprint density at radius 1 is 1.11 bits per heavy atom. The highest BCUT2D eigenvalue weighted by Gasteiger charge is 2.36. The van der Waals surface area contributed by atoms with Crippen molar-refractivity contribution in [3.63, 3.8) is 0 Å². The first kappa shape index (κ1) is 21.5. The first-order chi connectivity index (χ1) is 12.5. The van der Waals surface area contributed by atoms with Crippen LogP contribution < -0.4 is 4.31 Å². The molecule has 1 N–H and O–H groups in total. The van der Waals surface area contributed by atoms with Gasteiger partial charge >= 0.3 is 6.18 Å². The van der Waals surface area contributed by atoms with Gasteiger partial charge in [-0.15, -0.1) is 0 Å². The number of hydrogen-bond acceptors (Lipinski definition) is 4. The van der Waals surface area contributed by atoms with Gasteiger partial charge in [0.2, 0.25) is 0 Å². The number of aldehydes is 1. The summed E-state index contributed by atoms with van der Waals surface area (Å²) in [6.07, 6.45) is -4.67. The zero-order valence-corrected chi connectivity index (χ0v) is 15.6. The minimum atomic E-state index is -4.77. The second-order valence-corrected chi connectivity index (χ2v) is 7.96. The number of carbonyl (C=O) groups excluding carboxylic acids is 1. The summed E-state index contributed by atoms with van der Waals surface area (Å²) in [5.74, 6) is 0. The predicted molar refractivity (Wildman–Crippen MR) is 94.5 cm³/mol. The fraction of sp³-hybridized carbons (Fsp3) is 0.188. The maximum atomic E-state index is 13.0. The Morgan fingerprint density at radius 3 is 2.19 bits per heavy atom. The topological polar surface area (TPSA) is 74.7 Å². The van der Waals surface area contributed by atoms with Crippen LogP contribution >= 0.6 is 23.2 Å². The Bertz CT molecular complexity index is 934. The van der Waals surface area contributed by atoms with Crippen molar-refractivity contribution in [2.45, 2.75) is 17.1 Å². The monoisotopic (exact) mass is 441 g/mol. The van der Waals surface area contributed by atoms with Crippen LogP contribution in [0.5, 0.6) is 0 Å². The largest absolute Gasteiger partial charge is 0.416 e. The Morgan fingerprint density at radius 2 is 1.70 bits per heavy atom. The molecule has 146 valence electrons. The van der Waals surface area contributed by atoms with Gasteiger partial charge < -0.3 is 9.90 Å². The molecule has 0 radical (unpaired) electrons. The highest BCUT2D eigenvalue weighted by atomic mass is 35.5. The van der Waals surface area contributed by atoms with E-state index in [1.165, 1.54) is 12.1 Å². The number of rotatable bonds is 6. The smallest absolute Gasteiger partial charge is 0.394 e. The number of benzene rings is 2. The van der Waals surface area contributed by atoms with E-state index in [2.05, 4.69) is 0 Å². The third-order valence-electron chi connectivity index (χ3n) is 3.53. The van der Waals surface area contributed by atoms with Gasteiger partial charge in [-0.25, -0.2) is 8.42 Å². The summed E-state index contributed by atoms with van der Waals surface area (Å²) in [6.45, 7) is -0.969. The van der Waals surface area contributed by atoms with E-state index in [-0.39, 0.29) is 21.2 Å². The number of halogens is 5. The molecule has 0 amide bonds. The van der Waals surface area contributed by atoms with Crippen LogP contribution in [0.2, 0.25) is 10.0 Å². The molecule has 0 bridgehead atoms. The Hall–Kier alpha value is -1.81. The lowest BCUT2D eigenvalue weighted by atomic mass is 10.2. The molecular formula is C16H12Cl2F3NO4S. The highest BCUT2D eigenvalue weighted by molar-refractivity contribution is 7.93. The second kappa shape index (κ2) is 8.05. The standard InChI is InChI=1S/C16H12Cl2F3NO4S/c17-11-2-4-13(5-3-11)27(25,26)22(12(8-23)9-24)15-7-10(16(19,20)21)1-6-14(15)18/h1-8,12,24H,9H2. The average molecular weight is 442 g/mol. The van der Waals surface area contributed by atoms with Gasteiger partial charge in [-0.05, 0) is 42.5 Å². The average Bonchev–Trinajstić information content (AvgIpc) is 2.59. The van der Waals surface area contributed by atoms with E-state index in [0.717, 1.165) is 18.2 Å². The summed E-state index contributed by atoms with van der Waals surface area (Å²) < 4.78 is 65.5. The summed E-state index contributed by atoms with van der Waals surface area (Å²) in [4.78, 5) is 11.0. The zero-order chi connectivity index (χ0) is 20.4. The molecular weight excluding hydrogens is 430 g/mol. The molecule has 0 saturated carbocycles. The summed E-state index contributed by atoms with van der Waals surface area (Å²) in [5, 5.41) is 9.29. The van der Waals surface area contributed by atoms with E-state index >= 15 is 0 Å². The van der Waals surface area contributed by atoms with Gasteiger partial charge in [0.05, 0.1) is 27.8 Å². The van der Waals surface area contributed by atoms with Gasteiger partial charge in [0.1, 0.15) is 12.3 Å². The van der Waals surface area contributed by atoms with Crippen LogP contribution in [0, 0.1) is 0 Å². The zero-order valence-electron chi connectivity index (χ0n) is 13.3. The lowest BCUT2D eigenvalue weighted by Crippen LogP contribution is -2.44. The number of anilines is 1. The number of hydrogen-bond donors (Lipinski definition) is 1. The molecule has 1 unspecified atom stereocenters. The van der Waals surface area contributed by atoms with Gasteiger partial charge in [-0.2, -0.15) is 13.2 Å². The van der Waals surface area contributed by atoms with Crippen molar-refractivity contribution in [3.05, 3.63) is 58.1 Å². The molecule has 0 aliphatic carbocycles. The third kappa shape index (κ3) is 4.55. The van der Waals surface area contributed by atoms with Crippen molar-refractivity contribution >= 4 is 45.2 Å². The first-order valence-electron chi connectivity index (χ1n) is 7.25. The molecule has 2 aromatic carbocycles. The van der Waals surface area contributed by atoms with E-state index in [1.54, 1.807) is 0 Å². The second-order valence-electron chi connectivity index (χ2n) is 5.30. The summed E-state index contributed by atoms with van der Waals surface area (Å²) in [6, 6.07) is 5.10. The van der Waals surface area contributed by atoms with Crippen molar-refractivity contribution < 1.29 is 31.5 Å². The summed E-state index contributed by atoms with van der Waals surface area (Å²) in [5.41, 5.74) is -1.76. The molecule has 5 nitrogen and oxygen atoms in total. The maximum absolute atomic E-state index is 13.0. The number of alkyl halides is 3. The van der Waals surface area contributed by atoms with E-state index in [0.29, 0.717) is 16.4 Å². The van der Waals surface area contributed by atoms with Crippen LogP contribution in [0.3, 0.4) is 0 Å². The number of nitrogens with zero attached hydrogens (tertiary/aromatic N) is 1. The molecule has 0 heterocycles. The quantitative estimate of drug-likeness (QED) is 0.692. The van der Waals surface area contributed by atoms with Crippen LogP contribution in [-0.4, -0.2) is 32.5 Å². The number of aliphatic hydroxyl groups excluding tert-OH is 1. The van der Waals surface area contributed by atoms with Crippen LogP contribution in [0.15, 0.2) is 47.4 Å². The first-order valence-corrected chi connectivity index (χ1v) is 9.45. The molecule has 2 aromatic rings. The van der Waals surface area contributed by atoms with Crippen LogP contribution in [0.25, 0.3) is 0 Å². The SMILES string of the molecule is O=CC(CO)N(c1cc(C(F)(F)F)ccc1Cl)S(=O)(=O)c1ccc(Cl)cc1. The molecule has 0 spiro atoms. The van der Waals surface area contributed by atoms with Crippen molar-refractivity contribution in [1.29, 1.82) is 0 Å². The Kier molecular flexibility index (Phi) is 6.41. The molecule has 0 fully saturated rings. The minimum absolute atomic E-state index is 0.101. The fourth-order valence-electron chi connectivity index (χ4n) is 2.24. The summed E-state index contributed by atoms with van der Waals surface area (Å²) in [7, 11) is -4.55. The number of aliphatic hydroxyl groups is 1. The van der Waals surface area contributed by atoms with Gasteiger partial charge in [0.25, 0.3) is 10.0 Å². The molecule has 1 atom stereocenters. The lowest BCUT2D eigenvalue weighted by molar-refractivity contribution is -0.137. The Labute approximate surface area is 163 Å². The number of carbonyl (C=O) groups is 1. The van der Waals surface area contributed by atoms with Crippen LogP contribution in [-0.2, 0) is 21.0 Å². The molecule has 0 aliphatic heterocycles. The molecule has 0 aliphatic rings. The van der Waals surface area contributed by atoms with Crippen LogP contribution in [0.4, 0.5) is 18.9 Å². The van der Waals surface area contributed by atoms with Crippen LogP contribution in [0.1, 0.15) is 5.56 Å². The fourth-order valence-corrected chi connectivity index (χ4v) is 4.21. The van der Waals surface area contributed by atoms with E-state index in [4.69, 9.17) is 23.2 Å². The Balaban J connectivity index is 2.73. The summed E-state index contributed by atoms with van der Waals surface area (Å²) >= 11 is 11.6. The maximum Gasteiger partial charge on any atom is 0.416 e. The highest BCUT2D eigenvalue weighted by Crippen LogP contribution is 2.38. The van der Waals surface area contributed by atoms with E-state index < -0.39 is 40.1 Å². The molecule has 0 saturated heterocycles. The molecule has 0 aromatic heterocycles. The van der Waals surface area contributed by atoms with Crippen molar-refractivity contribution in [1.82, 2.24) is 0 Å². The molecule has 27 heavy (non-hydrogen) atoms. The van der Waals surface area contributed by atoms with Crippen molar-refractivity contribution in [2.75, 3.05) is 10.9 Å². The van der Waals surface area contributed by atoms with Gasteiger partial charge in [-0.1, -0.05) is 23.2 Å². The molecule has 11 heteroatoms. The van der Waals surface area contributed by atoms with Crippen molar-refractivity contribution in [3.8, 4) is 0 Å². The van der Waals surface area contributed by atoms with Crippen molar-refractivity contribution in [2.24, 2.45) is 0 Å². The van der Waals surface area contributed by atoms with Gasteiger partial charge in [0, 0.05) is 5.02 Å². The third-order valence-corrected chi connectivity index (χ3v) is 5.95. The number of sulfonamides is 1. The predicted octanol–water partition coefficient (Wildman–Crippen LogP) is 3.77. The van der Waals surface area contributed by atoms with E-state index in [9.17, 15) is 31.5 Å². The lowest BCUT2D eigenvalue weighted by Gasteiger charge is -2.29. The van der Waals surface area contributed by atoms with Gasteiger partial charge in [0.15, 0.2) is 0 Å². The minimum Gasteiger partial charge on any atom is -0.394 e. The normalized spacial score (nSPS) is 13.3. The molecule has 2 rings (SSSR count). The van der Waals surface area contributed by atoms with E-state index in [1.807, 2.05) is 0 Å².